The zero-order valence-electron chi connectivity index (χ0n) is 29.1. The second-order valence-electron chi connectivity index (χ2n) is 13.2. The smallest absolute Gasteiger partial charge is 0.425 e. The molecule has 1 unspecified atom stereocenters. The van der Waals surface area contributed by atoms with E-state index in [-0.39, 0.29) is 30.9 Å². The van der Waals surface area contributed by atoms with Crippen molar-refractivity contribution < 1.29 is 38.5 Å². The van der Waals surface area contributed by atoms with Crippen LogP contribution in [0.2, 0.25) is 0 Å². The fourth-order valence-corrected chi connectivity index (χ4v) is 4.66. The molecule has 0 saturated carbocycles. The molecule has 1 aromatic heterocycles. The van der Waals surface area contributed by atoms with Crippen molar-refractivity contribution in [2.45, 2.75) is 85.2 Å². The number of imide groups is 1. The predicted molar refractivity (Wildman–Crippen MR) is 188 cm³/mol. The van der Waals surface area contributed by atoms with Gasteiger partial charge in [-0.1, -0.05) is 54.6 Å². The minimum absolute atomic E-state index is 0.0244. The highest BCUT2D eigenvalue weighted by Crippen LogP contribution is 2.31. The molecular formula is C38H45N3O8. The number of benzene rings is 3. The second kappa shape index (κ2) is 17.1. The van der Waals surface area contributed by atoms with Crippen molar-refractivity contribution in [1.29, 1.82) is 0 Å². The van der Waals surface area contributed by atoms with Crippen LogP contribution >= 0.6 is 0 Å². The summed E-state index contributed by atoms with van der Waals surface area (Å²) in [6.07, 6.45) is 0.714. The number of esters is 1. The normalized spacial score (nSPS) is 11.7. The molecule has 0 aliphatic heterocycles. The Labute approximate surface area is 287 Å². The lowest BCUT2D eigenvalue weighted by Gasteiger charge is -2.28. The monoisotopic (exact) mass is 671 g/mol. The lowest BCUT2D eigenvalue weighted by atomic mass is 10.0. The number of carboxylic acid groups (broad SMARTS) is 1. The zero-order chi connectivity index (χ0) is 36.2. The third kappa shape index (κ3) is 12.3. The van der Waals surface area contributed by atoms with Gasteiger partial charge in [-0.15, -0.1) is 0 Å². The van der Waals surface area contributed by atoms with E-state index in [0.29, 0.717) is 18.2 Å². The van der Waals surface area contributed by atoms with E-state index >= 15 is 0 Å². The molecule has 4 aromatic rings. The van der Waals surface area contributed by atoms with Gasteiger partial charge in [-0.25, -0.2) is 14.6 Å². The Morgan fingerprint density at radius 1 is 0.857 bits per heavy atom. The lowest BCUT2D eigenvalue weighted by Crippen LogP contribution is -2.44. The summed E-state index contributed by atoms with van der Waals surface area (Å²) in [5, 5.41) is 11.8. The second-order valence-corrected chi connectivity index (χ2v) is 13.2. The van der Waals surface area contributed by atoms with Gasteiger partial charge in [0.25, 0.3) is 6.47 Å². The first-order valence-electron chi connectivity index (χ1n) is 15.9. The molecule has 3 aromatic carbocycles. The van der Waals surface area contributed by atoms with Gasteiger partial charge in [-0.2, -0.15) is 4.90 Å². The van der Waals surface area contributed by atoms with Crippen LogP contribution in [0, 0.1) is 0 Å². The largest absolute Gasteiger partial charge is 0.483 e. The molecule has 49 heavy (non-hydrogen) atoms. The summed E-state index contributed by atoms with van der Waals surface area (Å²) < 4.78 is 16.5. The summed E-state index contributed by atoms with van der Waals surface area (Å²) in [5.74, 6) is -0.0990. The Morgan fingerprint density at radius 3 is 2.02 bits per heavy atom. The Kier molecular flexibility index (Phi) is 13.3. The van der Waals surface area contributed by atoms with Crippen molar-refractivity contribution in [3.63, 3.8) is 0 Å². The number of anilines is 2. The Hall–Kier alpha value is -5.45. The summed E-state index contributed by atoms with van der Waals surface area (Å²) in [6.45, 7) is 12.5. The average molecular weight is 672 g/mol. The Bertz CT molecular complexity index is 1680. The van der Waals surface area contributed by atoms with Gasteiger partial charge in [0.2, 0.25) is 0 Å². The van der Waals surface area contributed by atoms with Crippen LogP contribution in [0.3, 0.4) is 0 Å². The molecule has 1 atom stereocenters. The Balaban J connectivity index is 0.00000209. The van der Waals surface area contributed by atoms with E-state index in [9.17, 15) is 14.4 Å². The maximum absolute atomic E-state index is 13.2. The van der Waals surface area contributed by atoms with Crippen LogP contribution in [0.15, 0.2) is 85.1 Å². The van der Waals surface area contributed by atoms with Gasteiger partial charge >= 0.3 is 18.2 Å². The van der Waals surface area contributed by atoms with Gasteiger partial charge < -0.3 is 24.6 Å². The third-order valence-corrected chi connectivity index (χ3v) is 6.83. The van der Waals surface area contributed by atoms with Gasteiger partial charge in [0.1, 0.15) is 17.8 Å². The number of carbonyl (C=O) groups is 4. The number of carbonyl (C=O) groups excluding carboxylic acids is 3. The predicted octanol–water partition coefficient (Wildman–Crippen LogP) is 8.46. The lowest BCUT2D eigenvalue weighted by molar-refractivity contribution is -0.144. The molecule has 0 aliphatic rings. The van der Waals surface area contributed by atoms with Crippen LogP contribution < -0.4 is 10.2 Å². The van der Waals surface area contributed by atoms with Crippen LogP contribution in [0.4, 0.5) is 21.1 Å². The van der Waals surface area contributed by atoms with Gasteiger partial charge in [0.05, 0.1) is 0 Å². The summed E-state index contributed by atoms with van der Waals surface area (Å²) in [4.78, 5) is 52.2. The van der Waals surface area contributed by atoms with E-state index in [1.165, 1.54) is 0 Å². The average Bonchev–Trinajstić information content (AvgIpc) is 3.02. The first-order valence-corrected chi connectivity index (χ1v) is 15.9. The van der Waals surface area contributed by atoms with Crippen molar-refractivity contribution in [3.8, 4) is 0 Å². The summed E-state index contributed by atoms with van der Waals surface area (Å²) in [5.41, 5.74) is 2.28. The number of amides is 2. The Morgan fingerprint density at radius 2 is 1.45 bits per heavy atom. The molecule has 11 heteroatoms. The topological polar surface area (TPSA) is 144 Å². The third-order valence-electron chi connectivity index (χ3n) is 6.83. The molecule has 260 valence electrons. The first kappa shape index (κ1) is 38.0. The van der Waals surface area contributed by atoms with Crippen molar-refractivity contribution in [1.82, 2.24) is 4.98 Å². The maximum atomic E-state index is 13.2. The number of nitrogens with one attached hydrogen (secondary N) is 1. The van der Waals surface area contributed by atoms with Gasteiger partial charge in [0, 0.05) is 29.7 Å². The number of ether oxygens (including phenoxy) is 3. The van der Waals surface area contributed by atoms with E-state index in [1.54, 1.807) is 47.7 Å². The van der Waals surface area contributed by atoms with E-state index in [1.807, 2.05) is 78.9 Å². The fraction of sp³-hybridized carbons (Fsp3) is 0.342. The fourth-order valence-electron chi connectivity index (χ4n) is 4.66. The molecule has 1 heterocycles. The summed E-state index contributed by atoms with van der Waals surface area (Å²) >= 11 is 0. The quantitative estimate of drug-likeness (QED) is 0.101. The van der Waals surface area contributed by atoms with Crippen LogP contribution in [-0.4, -0.2) is 45.9 Å². The number of aryl methyl sites for hydroxylation is 1. The molecule has 0 fully saturated rings. The molecule has 2 N–H and O–H groups in total. The van der Waals surface area contributed by atoms with E-state index in [4.69, 9.17) is 24.1 Å². The molecule has 0 spiro atoms. The first-order chi connectivity index (χ1) is 23.1. The van der Waals surface area contributed by atoms with Crippen LogP contribution in [0.1, 0.15) is 77.6 Å². The van der Waals surface area contributed by atoms with E-state index in [2.05, 4.69) is 17.2 Å². The minimum atomic E-state index is -0.870. The minimum Gasteiger partial charge on any atom is -0.483 e. The number of nitrogens with zero attached hydrogens (tertiary/aromatic N) is 2. The molecule has 11 nitrogen and oxygen atoms in total. The highest BCUT2D eigenvalue weighted by molar-refractivity contribution is 6.14. The molecular weight excluding hydrogens is 626 g/mol. The van der Waals surface area contributed by atoms with E-state index < -0.39 is 23.4 Å². The number of hydrogen-bond acceptors (Lipinski definition) is 9. The molecule has 0 aliphatic carbocycles. The van der Waals surface area contributed by atoms with Crippen LogP contribution in [0.25, 0.3) is 10.8 Å². The highest BCUT2D eigenvalue weighted by atomic mass is 16.6. The molecule has 4 rings (SSSR count). The standard InChI is InChI=1S/C37H43N3O6.CH2O2/c1-25(28-16-13-26(14-17-28)15-20-32(41)44-24-27-11-9-8-10-12-27)39-30-18-19-31-29(23-30)21-22-38-33(31)40(34(42)45-36(2,3)4)35(43)46-37(5,6)7;2-1-3/h8-14,16-19,21-23,25,39H,15,20,24H2,1-7H3;1H,(H,2,3). The van der Waals surface area contributed by atoms with Crippen LogP contribution in [-0.2, 0) is 36.8 Å². The van der Waals surface area contributed by atoms with Crippen molar-refractivity contribution in [3.05, 3.63) is 102 Å². The van der Waals surface area contributed by atoms with Gasteiger partial charge in [-0.3, -0.25) is 9.59 Å². The number of rotatable bonds is 9. The summed E-state index contributed by atoms with van der Waals surface area (Å²) in [7, 11) is 0. The van der Waals surface area contributed by atoms with Crippen molar-refractivity contribution in [2.75, 3.05) is 10.2 Å². The number of aromatic nitrogens is 1. The summed E-state index contributed by atoms with van der Waals surface area (Å²) in [6, 6.07) is 25.2. The van der Waals surface area contributed by atoms with E-state index in [0.717, 1.165) is 32.7 Å². The van der Waals surface area contributed by atoms with Gasteiger partial charge in [0.15, 0.2) is 5.82 Å². The molecule has 0 bridgehead atoms. The molecule has 0 saturated heterocycles. The highest BCUT2D eigenvalue weighted by Gasteiger charge is 2.34. The maximum Gasteiger partial charge on any atom is 0.425 e. The number of hydrogen-bond donors (Lipinski definition) is 2. The molecule has 0 radical (unpaired) electrons. The van der Waals surface area contributed by atoms with Crippen molar-refractivity contribution in [2.24, 2.45) is 0 Å². The zero-order valence-corrected chi connectivity index (χ0v) is 29.1. The molecule has 2 amide bonds. The number of fused-ring (bicyclic) bond motifs is 1. The van der Waals surface area contributed by atoms with Gasteiger partial charge in [-0.05, 0) is 101 Å². The van der Waals surface area contributed by atoms with Crippen LogP contribution in [0.5, 0.6) is 0 Å². The SMILES string of the molecule is CC(Nc1ccc2c(N(C(=O)OC(C)(C)C)C(=O)OC(C)(C)C)nccc2c1)c1ccc(CCC(=O)OCc2ccccc2)cc1.O=CO. The van der Waals surface area contributed by atoms with Crippen molar-refractivity contribution >= 4 is 46.9 Å². The number of pyridine rings is 1.